The van der Waals surface area contributed by atoms with Crippen LogP contribution in [0.15, 0.2) is 48.5 Å². The third-order valence-corrected chi connectivity index (χ3v) is 4.87. The van der Waals surface area contributed by atoms with Crippen molar-refractivity contribution in [2.45, 2.75) is 5.75 Å². The van der Waals surface area contributed by atoms with Crippen molar-refractivity contribution in [2.75, 3.05) is 22.1 Å². The van der Waals surface area contributed by atoms with E-state index in [9.17, 15) is 4.79 Å². The number of nitrogens with zero attached hydrogens (tertiary/aromatic N) is 3. The highest BCUT2D eigenvalue weighted by Crippen LogP contribution is 2.25. The van der Waals surface area contributed by atoms with E-state index in [0.717, 1.165) is 5.69 Å². The smallest absolute Gasteiger partial charge is 0.234 e. The molecule has 0 aliphatic rings. The largest absolute Gasteiger partial charge is 0.368 e. The number of halogens is 2. The second-order valence-electron chi connectivity index (χ2n) is 5.59. The van der Waals surface area contributed by atoms with Gasteiger partial charge in [-0.15, -0.1) is 11.8 Å². The van der Waals surface area contributed by atoms with Crippen molar-refractivity contribution in [1.29, 1.82) is 0 Å². The molecule has 0 atom stereocenters. The van der Waals surface area contributed by atoms with Crippen LogP contribution in [0, 0.1) is 0 Å². The number of aromatic nitrogens is 3. The molecule has 0 spiro atoms. The maximum atomic E-state index is 12.1. The average Bonchev–Trinajstić information content (AvgIpc) is 2.64. The van der Waals surface area contributed by atoms with Crippen molar-refractivity contribution in [2.24, 2.45) is 0 Å². The van der Waals surface area contributed by atoms with Gasteiger partial charge in [-0.3, -0.25) is 4.79 Å². The molecule has 0 fully saturated rings. The molecular weight excluding hydrogens is 419 g/mol. The Hall–Kier alpha value is -2.55. The molecule has 4 N–H and O–H groups in total. The van der Waals surface area contributed by atoms with Crippen molar-refractivity contribution < 1.29 is 4.79 Å². The Bertz CT molecular complexity index is 974. The summed E-state index contributed by atoms with van der Waals surface area (Å²) in [6, 6.07) is 14.4. The van der Waals surface area contributed by atoms with Crippen molar-refractivity contribution in [3.63, 3.8) is 0 Å². The van der Waals surface area contributed by atoms with E-state index < -0.39 is 0 Å². The third kappa shape index (κ3) is 5.98. The molecule has 0 aliphatic carbocycles. The van der Waals surface area contributed by atoms with E-state index in [2.05, 4.69) is 25.6 Å². The highest BCUT2D eigenvalue weighted by atomic mass is 35.5. The lowest BCUT2D eigenvalue weighted by molar-refractivity contribution is -0.113. The zero-order valence-electron chi connectivity index (χ0n) is 14.5. The minimum atomic E-state index is -0.195. The van der Waals surface area contributed by atoms with Crippen LogP contribution in [-0.2, 0) is 10.5 Å². The van der Waals surface area contributed by atoms with E-state index in [1.54, 1.807) is 18.2 Å². The van der Waals surface area contributed by atoms with Crippen LogP contribution in [0.1, 0.15) is 5.82 Å². The van der Waals surface area contributed by atoms with Crippen LogP contribution in [0.4, 0.5) is 23.3 Å². The lowest BCUT2D eigenvalue weighted by Crippen LogP contribution is -2.15. The summed E-state index contributed by atoms with van der Waals surface area (Å²) in [4.78, 5) is 24.6. The second kappa shape index (κ2) is 9.59. The van der Waals surface area contributed by atoms with E-state index in [4.69, 9.17) is 28.9 Å². The lowest BCUT2D eigenvalue weighted by atomic mass is 10.3. The number of amides is 1. The van der Waals surface area contributed by atoms with Gasteiger partial charge in [0.05, 0.1) is 22.2 Å². The summed E-state index contributed by atoms with van der Waals surface area (Å²) in [5, 5.41) is 6.70. The van der Waals surface area contributed by atoms with Crippen LogP contribution in [-0.4, -0.2) is 26.6 Å². The molecule has 3 rings (SSSR count). The predicted molar refractivity (Wildman–Crippen MR) is 115 cm³/mol. The molecule has 0 aliphatic heterocycles. The van der Waals surface area contributed by atoms with Crippen LogP contribution < -0.4 is 16.4 Å². The fraction of sp³-hybridized carbons (Fsp3) is 0.111. The number of hydrogen-bond acceptors (Lipinski definition) is 7. The first-order valence-corrected chi connectivity index (χ1v) is 10.1. The minimum Gasteiger partial charge on any atom is -0.368 e. The summed E-state index contributed by atoms with van der Waals surface area (Å²) in [6.45, 7) is 0. The lowest BCUT2D eigenvalue weighted by Gasteiger charge is -2.08. The monoisotopic (exact) mass is 434 g/mol. The Labute approximate surface area is 176 Å². The summed E-state index contributed by atoms with van der Waals surface area (Å²) in [6.07, 6.45) is 0. The molecule has 144 valence electrons. The number of hydrogen-bond donors (Lipinski definition) is 3. The number of benzene rings is 2. The van der Waals surface area contributed by atoms with Crippen LogP contribution in [0.5, 0.6) is 0 Å². The van der Waals surface area contributed by atoms with Gasteiger partial charge in [-0.2, -0.15) is 15.0 Å². The standard InChI is InChI=1S/C18H16Cl2N6OS/c19-11-6-7-14(13(20)8-11)23-16(27)10-28-9-15-24-17(21)26-18(25-15)22-12-4-2-1-3-5-12/h1-8H,9-10H2,(H,23,27)(H3,21,22,24,25,26). The molecule has 0 radical (unpaired) electrons. The first kappa shape index (κ1) is 20.2. The van der Waals surface area contributed by atoms with Crippen molar-refractivity contribution in [3.8, 4) is 0 Å². The highest BCUT2D eigenvalue weighted by molar-refractivity contribution is 7.99. The predicted octanol–water partition coefficient (Wildman–Crippen LogP) is 4.38. The number of carbonyl (C=O) groups is 1. The Balaban J connectivity index is 1.54. The number of anilines is 4. The zero-order valence-corrected chi connectivity index (χ0v) is 16.9. The van der Waals surface area contributed by atoms with Gasteiger partial charge in [0.25, 0.3) is 0 Å². The average molecular weight is 435 g/mol. The molecule has 2 aromatic carbocycles. The van der Waals surface area contributed by atoms with E-state index in [-0.39, 0.29) is 17.6 Å². The summed E-state index contributed by atoms with van der Waals surface area (Å²) in [7, 11) is 0. The molecular formula is C18H16Cl2N6OS. The molecule has 1 amide bonds. The van der Waals surface area contributed by atoms with Gasteiger partial charge in [0, 0.05) is 10.7 Å². The molecule has 1 heterocycles. The highest BCUT2D eigenvalue weighted by Gasteiger charge is 2.09. The van der Waals surface area contributed by atoms with Gasteiger partial charge in [-0.1, -0.05) is 41.4 Å². The second-order valence-corrected chi connectivity index (χ2v) is 7.42. The van der Waals surface area contributed by atoms with Crippen LogP contribution >= 0.6 is 35.0 Å². The van der Waals surface area contributed by atoms with Gasteiger partial charge in [-0.25, -0.2) is 0 Å². The summed E-state index contributed by atoms with van der Waals surface area (Å²) in [5.41, 5.74) is 7.11. The van der Waals surface area contributed by atoms with Crippen molar-refractivity contribution in [3.05, 3.63) is 64.4 Å². The van der Waals surface area contributed by atoms with Gasteiger partial charge < -0.3 is 16.4 Å². The minimum absolute atomic E-state index is 0.112. The molecule has 28 heavy (non-hydrogen) atoms. The molecule has 3 aromatic rings. The van der Waals surface area contributed by atoms with Gasteiger partial charge in [-0.05, 0) is 30.3 Å². The molecule has 1 aromatic heterocycles. The van der Waals surface area contributed by atoms with Gasteiger partial charge >= 0.3 is 0 Å². The Morgan fingerprint density at radius 1 is 1.07 bits per heavy atom. The zero-order chi connectivity index (χ0) is 19.9. The Morgan fingerprint density at radius 3 is 2.61 bits per heavy atom. The fourth-order valence-corrected chi connectivity index (χ4v) is 3.35. The number of para-hydroxylation sites is 1. The first-order chi connectivity index (χ1) is 13.5. The normalized spacial score (nSPS) is 10.5. The maximum absolute atomic E-state index is 12.1. The van der Waals surface area contributed by atoms with Gasteiger partial charge in [0.1, 0.15) is 5.82 Å². The van der Waals surface area contributed by atoms with E-state index in [1.807, 2.05) is 30.3 Å². The summed E-state index contributed by atoms with van der Waals surface area (Å²) >= 11 is 13.2. The molecule has 0 saturated carbocycles. The van der Waals surface area contributed by atoms with Gasteiger partial charge in [0.2, 0.25) is 17.8 Å². The molecule has 10 heteroatoms. The summed E-state index contributed by atoms with van der Waals surface area (Å²) in [5.74, 6) is 1.35. The molecule has 0 saturated heterocycles. The Kier molecular flexibility index (Phi) is 6.91. The fourth-order valence-electron chi connectivity index (χ4n) is 2.22. The quantitative estimate of drug-likeness (QED) is 0.506. The van der Waals surface area contributed by atoms with E-state index in [0.29, 0.717) is 33.3 Å². The van der Waals surface area contributed by atoms with Gasteiger partial charge in [0.15, 0.2) is 0 Å². The summed E-state index contributed by atoms with van der Waals surface area (Å²) < 4.78 is 0. The SMILES string of the molecule is Nc1nc(CSCC(=O)Nc2ccc(Cl)cc2Cl)nc(Nc2ccccc2)n1. The van der Waals surface area contributed by atoms with Crippen molar-refractivity contribution in [1.82, 2.24) is 15.0 Å². The van der Waals surface area contributed by atoms with Crippen LogP contribution in [0.25, 0.3) is 0 Å². The molecule has 0 bridgehead atoms. The number of thioether (sulfide) groups is 1. The Morgan fingerprint density at radius 2 is 1.86 bits per heavy atom. The third-order valence-electron chi connectivity index (χ3n) is 3.40. The first-order valence-electron chi connectivity index (χ1n) is 8.15. The van der Waals surface area contributed by atoms with Crippen molar-refractivity contribution >= 4 is 64.1 Å². The molecule has 7 nitrogen and oxygen atoms in total. The van der Waals surface area contributed by atoms with Crippen LogP contribution in [0.3, 0.4) is 0 Å². The van der Waals surface area contributed by atoms with E-state index >= 15 is 0 Å². The number of nitrogens with two attached hydrogens (primary N) is 1. The topological polar surface area (TPSA) is 106 Å². The number of rotatable bonds is 7. The number of carbonyl (C=O) groups excluding carboxylic acids is 1. The molecule has 0 unspecified atom stereocenters. The van der Waals surface area contributed by atoms with E-state index in [1.165, 1.54) is 11.8 Å². The van der Waals surface area contributed by atoms with Crippen LogP contribution in [0.2, 0.25) is 10.0 Å². The maximum Gasteiger partial charge on any atom is 0.234 e. The number of nitrogens with one attached hydrogen (secondary N) is 2. The number of nitrogen functional groups attached to an aromatic ring is 1.